The van der Waals surface area contributed by atoms with Gasteiger partial charge in [-0.3, -0.25) is 0 Å². The molecule has 0 aliphatic heterocycles. The zero-order valence-electron chi connectivity index (χ0n) is 9.25. The van der Waals surface area contributed by atoms with E-state index >= 15 is 0 Å². The van der Waals surface area contributed by atoms with E-state index in [1.807, 2.05) is 13.1 Å². The summed E-state index contributed by atoms with van der Waals surface area (Å²) in [6.07, 6.45) is 2.05. The molecule has 15 heavy (non-hydrogen) atoms. The van der Waals surface area contributed by atoms with Crippen LogP contribution in [0.15, 0.2) is 12.1 Å². The largest absolute Gasteiger partial charge is 0.380 e. The molecule has 0 radical (unpaired) electrons. The number of nitrogens with one attached hydrogen (secondary N) is 1. The van der Waals surface area contributed by atoms with Gasteiger partial charge in [0.25, 0.3) is 0 Å². The molecule has 0 aromatic carbocycles. The first-order valence-electron chi connectivity index (χ1n) is 5.25. The summed E-state index contributed by atoms with van der Waals surface area (Å²) in [7, 11) is 1.97. The van der Waals surface area contributed by atoms with Crippen molar-refractivity contribution in [3.05, 3.63) is 21.3 Å². The SMILES string of the molecule is CCCOCC(Cc1ccc(Cl)s1)NC. The zero-order valence-corrected chi connectivity index (χ0v) is 10.8. The van der Waals surface area contributed by atoms with Crippen LogP contribution < -0.4 is 5.32 Å². The fourth-order valence-electron chi connectivity index (χ4n) is 1.32. The van der Waals surface area contributed by atoms with Crippen LogP contribution in [0.1, 0.15) is 18.2 Å². The van der Waals surface area contributed by atoms with Crippen molar-refractivity contribution in [1.29, 1.82) is 0 Å². The van der Waals surface area contributed by atoms with Gasteiger partial charge in [-0.25, -0.2) is 0 Å². The summed E-state index contributed by atoms with van der Waals surface area (Å²) in [5.41, 5.74) is 0. The highest BCUT2D eigenvalue weighted by molar-refractivity contribution is 7.16. The smallest absolute Gasteiger partial charge is 0.0931 e. The maximum Gasteiger partial charge on any atom is 0.0931 e. The Bertz CT molecular complexity index is 277. The van der Waals surface area contributed by atoms with Crippen LogP contribution in [-0.4, -0.2) is 26.3 Å². The van der Waals surface area contributed by atoms with E-state index in [4.69, 9.17) is 16.3 Å². The van der Waals surface area contributed by atoms with Crippen molar-refractivity contribution in [2.45, 2.75) is 25.8 Å². The van der Waals surface area contributed by atoms with E-state index in [2.05, 4.69) is 18.3 Å². The number of thiophene rings is 1. The molecule has 1 atom stereocenters. The number of rotatable bonds is 7. The van der Waals surface area contributed by atoms with Gasteiger partial charge >= 0.3 is 0 Å². The molecule has 0 saturated heterocycles. The van der Waals surface area contributed by atoms with Gasteiger partial charge in [0.2, 0.25) is 0 Å². The van der Waals surface area contributed by atoms with Crippen molar-refractivity contribution < 1.29 is 4.74 Å². The second-order valence-corrected chi connectivity index (χ2v) is 5.27. The Balaban J connectivity index is 2.33. The molecule has 1 unspecified atom stereocenters. The Hall–Kier alpha value is -0.0900. The van der Waals surface area contributed by atoms with Gasteiger partial charge in [0.1, 0.15) is 0 Å². The summed E-state index contributed by atoms with van der Waals surface area (Å²) in [4.78, 5) is 1.31. The van der Waals surface area contributed by atoms with Crippen molar-refractivity contribution in [2.24, 2.45) is 0 Å². The number of halogens is 1. The lowest BCUT2D eigenvalue weighted by atomic mass is 10.2. The van der Waals surface area contributed by atoms with Crippen molar-refractivity contribution in [3.8, 4) is 0 Å². The molecule has 2 nitrogen and oxygen atoms in total. The van der Waals surface area contributed by atoms with E-state index in [9.17, 15) is 0 Å². The van der Waals surface area contributed by atoms with E-state index in [0.717, 1.165) is 30.4 Å². The molecule has 0 aliphatic rings. The van der Waals surface area contributed by atoms with Crippen LogP contribution in [0.4, 0.5) is 0 Å². The molecule has 0 bridgehead atoms. The van der Waals surface area contributed by atoms with Gasteiger partial charge in [-0.2, -0.15) is 0 Å². The number of hydrogen-bond acceptors (Lipinski definition) is 3. The third-order valence-electron chi connectivity index (χ3n) is 2.15. The van der Waals surface area contributed by atoms with Crippen LogP contribution in [0.2, 0.25) is 4.34 Å². The summed E-state index contributed by atoms with van der Waals surface area (Å²) in [5.74, 6) is 0. The van der Waals surface area contributed by atoms with Crippen LogP contribution in [0.3, 0.4) is 0 Å². The molecule has 0 aliphatic carbocycles. The average molecular weight is 248 g/mol. The number of ether oxygens (including phenoxy) is 1. The average Bonchev–Trinajstić information content (AvgIpc) is 2.63. The van der Waals surface area contributed by atoms with Gasteiger partial charge in [-0.1, -0.05) is 18.5 Å². The molecule has 86 valence electrons. The monoisotopic (exact) mass is 247 g/mol. The molecule has 1 aromatic heterocycles. The van der Waals surface area contributed by atoms with Crippen LogP contribution in [0.25, 0.3) is 0 Å². The third kappa shape index (κ3) is 4.98. The van der Waals surface area contributed by atoms with Crippen LogP contribution in [-0.2, 0) is 11.2 Å². The molecular weight excluding hydrogens is 230 g/mol. The van der Waals surface area contributed by atoms with Gasteiger partial charge < -0.3 is 10.1 Å². The number of likely N-dealkylation sites (N-methyl/N-ethyl adjacent to an activating group) is 1. The van der Waals surface area contributed by atoms with Gasteiger partial charge in [0.15, 0.2) is 0 Å². The third-order valence-corrected chi connectivity index (χ3v) is 3.41. The number of hydrogen-bond donors (Lipinski definition) is 1. The van der Waals surface area contributed by atoms with Crippen molar-refractivity contribution in [2.75, 3.05) is 20.3 Å². The fraction of sp³-hybridized carbons (Fsp3) is 0.636. The van der Waals surface area contributed by atoms with Crippen molar-refractivity contribution in [3.63, 3.8) is 0 Å². The highest BCUT2D eigenvalue weighted by atomic mass is 35.5. The molecule has 0 fully saturated rings. The molecule has 1 heterocycles. The molecule has 0 spiro atoms. The van der Waals surface area contributed by atoms with Gasteiger partial charge in [-0.15, -0.1) is 11.3 Å². The second-order valence-electron chi connectivity index (χ2n) is 3.47. The Labute approximate surface area is 101 Å². The van der Waals surface area contributed by atoms with Crippen LogP contribution >= 0.6 is 22.9 Å². The zero-order chi connectivity index (χ0) is 11.1. The predicted molar refractivity (Wildman–Crippen MR) is 67.0 cm³/mol. The Morgan fingerprint density at radius 3 is 2.87 bits per heavy atom. The predicted octanol–water partition coefficient (Wildman–Crippen LogP) is 2.96. The molecule has 1 aromatic rings. The minimum absolute atomic E-state index is 0.381. The maximum atomic E-state index is 5.88. The van der Waals surface area contributed by atoms with E-state index < -0.39 is 0 Å². The van der Waals surface area contributed by atoms with Crippen LogP contribution in [0, 0.1) is 0 Å². The molecule has 4 heteroatoms. The van der Waals surface area contributed by atoms with Gasteiger partial charge in [0, 0.05) is 17.5 Å². The first kappa shape index (κ1) is 13.0. The highest BCUT2D eigenvalue weighted by Gasteiger charge is 2.08. The normalized spacial score (nSPS) is 13.0. The lowest BCUT2D eigenvalue weighted by Crippen LogP contribution is -2.32. The first-order chi connectivity index (χ1) is 7.26. The topological polar surface area (TPSA) is 21.3 Å². The summed E-state index contributed by atoms with van der Waals surface area (Å²) in [6, 6.07) is 4.41. The maximum absolute atomic E-state index is 5.88. The van der Waals surface area contributed by atoms with Gasteiger partial charge in [-0.05, 0) is 32.0 Å². The molecule has 0 saturated carbocycles. The van der Waals surface area contributed by atoms with Crippen LogP contribution in [0.5, 0.6) is 0 Å². The lowest BCUT2D eigenvalue weighted by Gasteiger charge is -2.15. The van der Waals surface area contributed by atoms with E-state index in [0.29, 0.717) is 6.04 Å². The summed E-state index contributed by atoms with van der Waals surface area (Å²) in [6.45, 7) is 3.72. The lowest BCUT2D eigenvalue weighted by molar-refractivity contribution is 0.114. The van der Waals surface area contributed by atoms with E-state index in [1.54, 1.807) is 11.3 Å². The Morgan fingerprint density at radius 1 is 1.53 bits per heavy atom. The molecule has 1 rings (SSSR count). The Kier molecular flexibility index (Phi) is 6.25. The molecule has 0 amide bonds. The summed E-state index contributed by atoms with van der Waals surface area (Å²) >= 11 is 7.52. The Morgan fingerprint density at radius 2 is 2.33 bits per heavy atom. The quantitative estimate of drug-likeness (QED) is 0.748. The summed E-state index contributed by atoms with van der Waals surface area (Å²) < 4.78 is 6.38. The van der Waals surface area contributed by atoms with E-state index in [-0.39, 0.29) is 0 Å². The second kappa shape index (κ2) is 7.23. The van der Waals surface area contributed by atoms with Crippen molar-refractivity contribution in [1.82, 2.24) is 5.32 Å². The standard InChI is InChI=1S/C11H18ClNOS/c1-3-6-14-8-9(13-2)7-10-4-5-11(12)15-10/h4-5,9,13H,3,6-8H2,1-2H3. The summed E-state index contributed by atoms with van der Waals surface area (Å²) in [5, 5.41) is 3.26. The highest BCUT2D eigenvalue weighted by Crippen LogP contribution is 2.22. The van der Waals surface area contributed by atoms with E-state index in [1.165, 1.54) is 4.88 Å². The first-order valence-corrected chi connectivity index (χ1v) is 6.45. The fourth-order valence-corrected chi connectivity index (χ4v) is 2.49. The molecular formula is C11H18ClNOS. The van der Waals surface area contributed by atoms with Crippen molar-refractivity contribution >= 4 is 22.9 Å². The minimum Gasteiger partial charge on any atom is -0.380 e. The molecule has 1 N–H and O–H groups in total. The minimum atomic E-state index is 0.381. The van der Waals surface area contributed by atoms with Gasteiger partial charge in [0.05, 0.1) is 10.9 Å².